The number of nitrogens with zero attached hydrogens (tertiary/aromatic N) is 1. The third-order valence-corrected chi connectivity index (χ3v) is 4.19. The molecule has 2 aromatic carbocycles. The van der Waals surface area contributed by atoms with Crippen LogP contribution in [0.25, 0.3) is 10.9 Å². The van der Waals surface area contributed by atoms with Crippen molar-refractivity contribution in [1.29, 1.82) is 0 Å². The predicted octanol–water partition coefficient (Wildman–Crippen LogP) is 5.06. The van der Waals surface area contributed by atoms with Crippen molar-refractivity contribution >= 4 is 32.5 Å². The topological polar surface area (TPSA) is 24.9 Å². The van der Waals surface area contributed by atoms with E-state index in [2.05, 4.69) is 51.4 Å². The molecule has 0 fully saturated rings. The molecule has 3 aromatic rings. The zero-order chi connectivity index (χ0) is 14.8. The lowest BCUT2D eigenvalue weighted by Crippen LogP contribution is -2.01. The third-order valence-electron chi connectivity index (χ3n) is 3.46. The van der Waals surface area contributed by atoms with Crippen molar-refractivity contribution in [3.63, 3.8) is 0 Å². The van der Waals surface area contributed by atoms with Gasteiger partial charge in [0.15, 0.2) is 0 Å². The van der Waals surface area contributed by atoms with E-state index in [9.17, 15) is 4.39 Å². The Labute approximate surface area is 131 Å². The highest BCUT2D eigenvalue weighted by molar-refractivity contribution is 9.10. The normalized spacial score (nSPS) is 10.8. The largest absolute Gasteiger partial charge is 0.380 e. The maximum atomic E-state index is 13.1. The van der Waals surface area contributed by atoms with Gasteiger partial charge >= 0.3 is 0 Å². The molecule has 3 rings (SSSR count). The second-order valence-electron chi connectivity index (χ2n) is 4.92. The van der Waals surface area contributed by atoms with Gasteiger partial charge in [-0.05, 0) is 48.4 Å². The fourth-order valence-electron chi connectivity index (χ4n) is 2.32. The molecule has 0 bridgehead atoms. The highest BCUT2D eigenvalue weighted by Crippen LogP contribution is 2.26. The van der Waals surface area contributed by atoms with Gasteiger partial charge in [-0.3, -0.25) is 4.98 Å². The lowest BCUT2D eigenvalue weighted by Gasteiger charge is -2.12. The van der Waals surface area contributed by atoms with Crippen LogP contribution in [-0.2, 0) is 6.54 Å². The average Bonchev–Trinajstić information content (AvgIpc) is 2.48. The van der Waals surface area contributed by atoms with Crippen molar-refractivity contribution in [2.75, 3.05) is 5.32 Å². The molecular weight excluding hydrogens is 331 g/mol. The summed E-state index contributed by atoms with van der Waals surface area (Å²) < 4.78 is 13.9. The lowest BCUT2D eigenvalue weighted by atomic mass is 10.1. The zero-order valence-electron chi connectivity index (χ0n) is 11.5. The maximum absolute atomic E-state index is 13.1. The van der Waals surface area contributed by atoms with Gasteiger partial charge in [-0.2, -0.15) is 0 Å². The Morgan fingerprint density at radius 2 is 2.05 bits per heavy atom. The Morgan fingerprint density at radius 1 is 1.19 bits per heavy atom. The number of aromatic nitrogens is 1. The summed E-state index contributed by atoms with van der Waals surface area (Å²) in [6.07, 6.45) is 1.80. The number of anilines is 1. The Balaban J connectivity index is 1.90. The second kappa shape index (κ2) is 5.82. The highest BCUT2D eigenvalue weighted by Gasteiger charge is 2.06. The first-order chi connectivity index (χ1) is 10.1. The minimum atomic E-state index is -0.240. The number of nitrogens with one attached hydrogen (secondary N) is 1. The van der Waals surface area contributed by atoms with E-state index >= 15 is 0 Å². The molecule has 4 heteroatoms. The summed E-state index contributed by atoms with van der Waals surface area (Å²) in [5, 5.41) is 4.49. The number of aryl methyl sites for hydroxylation is 1. The van der Waals surface area contributed by atoms with Crippen LogP contribution in [0.1, 0.15) is 11.1 Å². The van der Waals surface area contributed by atoms with Crippen LogP contribution in [0.2, 0.25) is 0 Å². The molecule has 2 nitrogen and oxygen atoms in total. The lowest BCUT2D eigenvalue weighted by molar-refractivity contribution is 0.626. The number of hydrogen-bond donors (Lipinski definition) is 1. The van der Waals surface area contributed by atoms with E-state index in [1.165, 1.54) is 12.1 Å². The first-order valence-corrected chi connectivity index (χ1v) is 7.46. The summed E-state index contributed by atoms with van der Waals surface area (Å²) >= 11 is 3.39. The van der Waals surface area contributed by atoms with Crippen LogP contribution in [0.5, 0.6) is 0 Å². The second-order valence-corrected chi connectivity index (χ2v) is 5.77. The first-order valence-electron chi connectivity index (χ1n) is 6.67. The number of benzene rings is 2. The maximum Gasteiger partial charge on any atom is 0.124 e. The Kier molecular flexibility index (Phi) is 3.88. The zero-order valence-corrected chi connectivity index (χ0v) is 13.1. The van der Waals surface area contributed by atoms with Gasteiger partial charge in [0, 0.05) is 28.3 Å². The smallest absolute Gasteiger partial charge is 0.124 e. The van der Waals surface area contributed by atoms with Crippen molar-refractivity contribution in [2.24, 2.45) is 0 Å². The highest BCUT2D eigenvalue weighted by atomic mass is 79.9. The van der Waals surface area contributed by atoms with Gasteiger partial charge in [-0.1, -0.05) is 28.1 Å². The molecule has 0 aliphatic heterocycles. The van der Waals surface area contributed by atoms with E-state index in [1.54, 1.807) is 12.3 Å². The SMILES string of the molecule is Cc1ccc(NCc2ccc(F)cc2Br)c2cccnc12. The molecule has 1 N–H and O–H groups in total. The summed E-state index contributed by atoms with van der Waals surface area (Å²) in [5.41, 5.74) is 4.19. The summed E-state index contributed by atoms with van der Waals surface area (Å²) in [5.74, 6) is -0.240. The minimum Gasteiger partial charge on any atom is -0.380 e. The fraction of sp³-hybridized carbons (Fsp3) is 0.118. The first kappa shape index (κ1) is 14.0. The van der Waals surface area contributed by atoms with E-state index < -0.39 is 0 Å². The van der Waals surface area contributed by atoms with Crippen LogP contribution in [0, 0.1) is 12.7 Å². The molecule has 0 aliphatic rings. The Bertz CT molecular complexity index is 802. The van der Waals surface area contributed by atoms with Crippen LogP contribution in [-0.4, -0.2) is 4.98 Å². The van der Waals surface area contributed by atoms with Gasteiger partial charge in [0.25, 0.3) is 0 Å². The summed E-state index contributed by atoms with van der Waals surface area (Å²) in [4.78, 5) is 4.43. The molecule has 21 heavy (non-hydrogen) atoms. The number of halogens is 2. The van der Waals surface area contributed by atoms with E-state index in [0.717, 1.165) is 32.2 Å². The molecule has 0 aliphatic carbocycles. The van der Waals surface area contributed by atoms with Crippen LogP contribution in [0.15, 0.2) is 53.1 Å². The third kappa shape index (κ3) is 2.90. The van der Waals surface area contributed by atoms with E-state index in [0.29, 0.717) is 6.54 Å². The van der Waals surface area contributed by atoms with Gasteiger partial charge in [0.1, 0.15) is 5.82 Å². The number of hydrogen-bond acceptors (Lipinski definition) is 2. The molecule has 0 spiro atoms. The molecule has 106 valence electrons. The van der Waals surface area contributed by atoms with E-state index in [1.807, 2.05) is 6.07 Å². The molecule has 0 radical (unpaired) electrons. The fourth-order valence-corrected chi connectivity index (χ4v) is 2.81. The number of fused-ring (bicyclic) bond motifs is 1. The molecule has 0 amide bonds. The van der Waals surface area contributed by atoms with Crippen LogP contribution < -0.4 is 5.32 Å². The Hall–Kier alpha value is -1.94. The van der Waals surface area contributed by atoms with Gasteiger partial charge in [-0.25, -0.2) is 4.39 Å². The number of pyridine rings is 1. The van der Waals surface area contributed by atoms with Crippen molar-refractivity contribution in [1.82, 2.24) is 4.98 Å². The van der Waals surface area contributed by atoms with Crippen LogP contribution in [0.4, 0.5) is 10.1 Å². The molecule has 0 unspecified atom stereocenters. The molecule has 1 aromatic heterocycles. The molecule has 0 saturated carbocycles. The summed E-state index contributed by atoms with van der Waals surface area (Å²) in [7, 11) is 0. The average molecular weight is 345 g/mol. The standard InChI is InChI=1S/C17H14BrFN2/c1-11-4-7-16(14-3-2-8-20-17(11)14)21-10-12-5-6-13(19)9-15(12)18/h2-9,21H,10H2,1H3. The van der Waals surface area contributed by atoms with Gasteiger partial charge < -0.3 is 5.32 Å². The van der Waals surface area contributed by atoms with Gasteiger partial charge in [0.05, 0.1) is 5.52 Å². The summed E-state index contributed by atoms with van der Waals surface area (Å²) in [6, 6.07) is 12.8. The van der Waals surface area contributed by atoms with Crippen molar-refractivity contribution in [3.8, 4) is 0 Å². The molecule has 1 heterocycles. The minimum absolute atomic E-state index is 0.240. The van der Waals surface area contributed by atoms with Crippen molar-refractivity contribution < 1.29 is 4.39 Å². The van der Waals surface area contributed by atoms with Crippen LogP contribution in [0.3, 0.4) is 0 Å². The van der Waals surface area contributed by atoms with E-state index in [-0.39, 0.29) is 5.82 Å². The number of rotatable bonds is 3. The van der Waals surface area contributed by atoms with Gasteiger partial charge in [-0.15, -0.1) is 0 Å². The Morgan fingerprint density at radius 3 is 2.86 bits per heavy atom. The van der Waals surface area contributed by atoms with Crippen LogP contribution >= 0.6 is 15.9 Å². The monoisotopic (exact) mass is 344 g/mol. The molecular formula is C17H14BrFN2. The van der Waals surface area contributed by atoms with E-state index in [4.69, 9.17) is 0 Å². The quantitative estimate of drug-likeness (QED) is 0.718. The van der Waals surface area contributed by atoms with Crippen molar-refractivity contribution in [3.05, 3.63) is 70.1 Å². The molecule has 0 atom stereocenters. The predicted molar refractivity (Wildman–Crippen MR) is 87.9 cm³/mol. The van der Waals surface area contributed by atoms with Gasteiger partial charge in [0.2, 0.25) is 0 Å². The molecule has 0 saturated heterocycles. The summed E-state index contributed by atoms with van der Waals surface area (Å²) in [6.45, 7) is 2.67. The van der Waals surface area contributed by atoms with Crippen molar-refractivity contribution in [2.45, 2.75) is 13.5 Å².